The van der Waals surface area contributed by atoms with E-state index in [-0.39, 0.29) is 16.9 Å². The second-order valence-corrected chi connectivity index (χ2v) is 5.21. The maximum Gasteiger partial charge on any atom is 0.313 e. The van der Waals surface area contributed by atoms with E-state index < -0.39 is 10.7 Å². The van der Waals surface area contributed by atoms with Crippen LogP contribution in [0.15, 0.2) is 18.2 Å². The third kappa shape index (κ3) is 2.63. The van der Waals surface area contributed by atoms with Crippen molar-refractivity contribution in [1.82, 2.24) is 0 Å². The zero-order valence-electron chi connectivity index (χ0n) is 9.70. The first kappa shape index (κ1) is 13.3. The third-order valence-corrected chi connectivity index (χ3v) is 4.54. The first-order valence-corrected chi connectivity index (χ1v) is 6.81. The van der Waals surface area contributed by atoms with Crippen LogP contribution in [0.2, 0.25) is 0 Å². The van der Waals surface area contributed by atoms with Crippen molar-refractivity contribution >= 4 is 21.6 Å². The molecule has 0 aliphatic heterocycles. The maximum atomic E-state index is 13.0. The van der Waals surface area contributed by atoms with E-state index in [1.807, 2.05) is 0 Å². The molecule has 0 aromatic heterocycles. The standard InChI is InChI=1S/C12H13BrFNO3/c13-7-12(4-1-5-12)8-18-11-3-2-9(14)6-10(11)15(16)17/h2-3,6H,1,4-5,7-8H2. The minimum Gasteiger partial charge on any atom is -0.486 e. The molecule has 0 N–H and O–H groups in total. The Balaban J connectivity index is 2.11. The quantitative estimate of drug-likeness (QED) is 0.473. The summed E-state index contributed by atoms with van der Waals surface area (Å²) in [4.78, 5) is 10.2. The van der Waals surface area contributed by atoms with Gasteiger partial charge in [-0.15, -0.1) is 0 Å². The molecule has 0 amide bonds. The SMILES string of the molecule is O=[N+]([O-])c1cc(F)ccc1OCC1(CBr)CCC1. The topological polar surface area (TPSA) is 52.4 Å². The van der Waals surface area contributed by atoms with Gasteiger partial charge in [0.25, 0.3) is 0 Å². The van der Waals surface area contributed by atoms with Gasteiger partial charge in [0.05, 0.1) is 17.6 Å². The fourth-order valence-electron chi connectivity index (χ4n) is 1.98. The second kappa shape index (κ2) is 5.22. The van der Waals surface area contributed by atoms with Crippen molar-refractivity contribution in [3.63, 3.8) is 0 Å². The van der Waals surface area contributed by atoms with E-state index in [1.54, 1.807) is 0 Å². The Hall–Kier alpha value is -1.17. The van der Waals surface area contributed by atoms with E-state index >= 15 is 0 Å². The van der Waals surface area contributed by atoms with Crippen LogP contribution in [0.4, 0.5) is 10.1 Å². The number of ether oxygens (including phenoxy) is 1. The molecule has 1 aliphatic carbocycles. The Labute approximate surface area is 112 Å². The van der Waals surface area contributed by atoms with E-state index in [1.165, 1.54) is 12.1 Å². The molecule has 0 bridgehead atoms. The van der Waals surface area contributed by atoms with Gasteiger partial charge in [0.1, 0.15) is 5.82 Å². The Bertz CT molecular complexity index is 457. The number of nitro benzene ring substituents is 1. The third-order valence-electron chi connectivity index (χ3n) is 3.35. The molecule has 2 rings (SSSR count). The molecule has 0 radical (unpaired) electrons. The van der Waals surface area contributed by atoms with Crippen molar-refractivity contribution in [2.75, 3.05) is 11.9 Å². The molecule has 1 aliphatic rings. The summed E-state index contributed by atoms with van der Waals surface area (Å²) < 4.78 is 18.5. The average molecular weight is 318 g/mol. The number of nitrogens with zero attached hydrogens (tertiary/aromatic N) is 1. The van der Waals surface area contributed by atoms with Crippen LogP contribution in [0, 0.1) is 21.3 Å². The van der Waals surface area contributed by atoms with E-state index in [0.717, 1.165) is 30.7 Å². The lowest BCUT2D eigenvalue weighted by Gasteiger charge is -2.39. The van der Waals surface area contributed by atoms with Gasteiger partial charge in [-0.3, -0.25) is 10.1 Å². The molecule has 1 aromatic carbocycles. The first-order chi connectivity index (χ1) is 8.56. The molecule has 98 valence electrons. The Kier molecular flexibility index (Phi) is 3.85. The van der Waals surface area contributed by atoms with Gasteiger partial charge in [-0.1, -0.05) is 22.4 Å². The molecule has 0 saturated heterocycles. The summed E-state index contributed by atoms with van der Waals surface area (Å²) in [5.41, 5.74) is -0.249. The first-order valence-electron chi connectivity index (χ1n) is 5.69. The molecule has 4 nitrogen and oxygen atoms in total. The highest BCUT2D eigenvalue weighted by Gasteiger charge is 2.37. The number of hydrogen-bond donors (Lipinski definition) is 0. The highest BCUT2D eigenvalue weighted by atomic mass is 79.9. The summed E-state index contributed by atoms with van der Waals surface area (Å²) in [6.07, 6.45) is 3.25. The van der Waals surface area contributed by atoms with Gasteiger partial charge in [0.15, 0.2) is 5.75 Å². The second-order valence-electron chi connectivity index (χ2n) is 4.65. The van der Waals surface area contributed by atoms with Gasteiger partial charge in [-0.05, 0) is 25.0 Å². The number of hydrogen-bond acceptors (Lipinski definition) is 3. The lowest BCUT2D eigenvalue weighted by molar-refractivity contribution is -0.386. The lowest BCUT2D eigenvalue weighted by Crippen LogP contribution is -2.37. The number of alkyl halides is 1. The van der Waals surface area contributed by atoms with Crippen LogP contribution in [-0.2, 0) is 0 Å². The molecule has 0 atom stereocenters. The van der Waals surface area contributed by atoms with Crippen molar-refractivity contribution in [3.8, 4) is 5.75 Å². The van der Waals surface area contributed by atoms with Crippen LogP contribution in [-0.4, -0.2) is 16.9 Å². The van der Waals surface area contributed by atoms with Crippen LogP contribution >= 0.6 is 15.9 Å². The van der Waals surface area contributed by atoms with Crippen molar-refractivity contribution in [3.05, 3.63) is 34.1 Å². The predicted octanol–water partition coefficient (Wildman–Crippen LogP) is 3.68. The van der Waals surface area contributed by atoms with Crippen molar-refractivity contribution in [2.45, 2.75) is 19.3 Å². The highest BCUT2D eigenvalue weighted by molar-refractivity contribution is 9.09. The molecule has 6 heteroatoms. The minimum atomic E-state index is -0.632. The van der Waals surface area contributed by atoms with E-state index in [2.05, 4.69) is 15.9 Å². The largest absolute Gasteiger partial charge is 0.486 e. The number of nitro groups is 1. The molecule has 1 saturated carbocycles. The number of halogens is 2. The monoisotopic (exact) mass is 317 g/mol. The van der Waals surface area contributed by atoms with Gasteiger partial charge in [-0.25, -0.2) is 4.39 Å². The minimum absolute atomic E-state index is 0.0717. The summed E-state index contributed by atoms with van der Waals surface area (Å²) in [6, 6.07) is 3.37. The number of benzene rings is 1. The summed E-state index contributed by atoms with van der Waals surface area (Å²) in [6.45, 7) is 0.421. The molecule has 0 heterocycles. The molecule has 1 fully saturated rings. The van der Waals surface area contributed by atoms with Crippen LogP contribution in [0.1, 0.15) is 19.3 Å². The Morgan fingerprint density at radius 1 is 1.50 bits per heavy atom. The van der Waals surface area contributed by atoms with Crippen LogP contribution in [0.3, 0.4) is 0 Å². The molecule has 18 heavy (non-hydrogen) atoms. The van der Waals surface area contributed by atoms with Gasteiger partial charge in [0, 0.05) is 10.7 Å². The van der Waals surface area contributed by atoms with Gasteiger partial charge >= 0.3 is 5.69 Å². The Morgan fingerprint density at radius 2 is 2.22 bits per heavy atom. The summed E-state index contributed by atoms with van der Waals surface area (Å²) in [7, 11) is 0. The zero-order valence-corrected chi connectivity index (χ0v) is 11.3. The maximum absolute atomic E-state index is 13.0. The van der Waals surface area contributed by atoms with Crippen molar-refractivity contribution in [2.24, 2.45) is 5.41 Å². The van der Waals surface area contributed by atoms with E-state index in [4.69, 9.17) is 4.74 Å². The van der Waals surface area contributed by atoms with Gasteiger partial charge in [0.2, 0.25) is 0 Å². The fourth-order valence-corrected chi connectivity index (χ4v) is 2.70. The summed E-state index contributed by atoms with van der Waals surface area (Å²) >= 11 is 3.44. The summed E-state index contributed by atoms with van der Waals surface area (Å²) in [5, 5.41) is 11.6. The van der Waals surface area contributed by atoms with Crippen molar-refractivity contribution in [1.29, 1.82) is 0 Å². The lowest BCUT2D eigenvalue weighted by atomic mass is 9.71. The molecule has 1 aromatic rings. The average Bonchev–Trinajstić information content (AvgIpc) is 2.29. The van der Waals surface area contributed by atoms with E-state index in [0.29, 0.717) is 6.61 Å². The fraction of sp³-hybridized carbons (Fsp3) is 0.500. The normalized spacial score (nSPS) is 17.0. The number of rotatable bonds is 5. The van der Waals surface area contributed by atoms with E-state index in [9.17, 15) is 14.5 Å². The Morgan fingerprint density at radius 3 is 2.72 bits per heavy atom. The zero-order chi connectivity index (χ0) is 13.2. The molecular weight excluding hydrogens is 305 g/mol. The predicted molar refractivity (Wildman–Crippen MR) is 68.6 cm³/mol. The van der Waals surface area contributed by atoms with Gasteiger partial charge in [-0.2, -0.15) is 0 Å². The smallest absolute Gasteiger partial charge is 0.313 e. The molecular formula is C12H13BrFNO3. The molecule has 0 spiro atoms. The molecule has 0 unspecified atom stereocenters. The highest BCUT2D eigenvalue weighted by Crippen LogP contribution is 2.43. The van der Waals surface area contributed by atoms with Gasteiger partial charge < -0.3 is 4.74 Å². The van der Waals surface area contributed by atoms with Crippen LogP contribution in [0.5, 0.6) is 5.75 Å². The van der Waals surface area contributed by atoms with Crippen molar-refractivity contribution < 1.29 is 14.1 Å². The van der Waals surface area contributed by atoms with Crippen LogP contribution < -0.4 is 4.74 Å². The summed E-state index contributed by atoms with van der Waals surface area (Å²) in [5.74, 6) is -0.499. The van der Waals surface area contributed by atoms with Crippen LogP contribution in [0.25, 0.3) is 0 Å².